The Morgan fingerprint density at radius 1 is 1.24 bits per heavy atom. The highest BCUT2D eigenvalue weighted by molar-refractivity contribution is 5.76. The lowest BCUT2D eigenvalue weighted by Crippen LogP contribution is -2.37. The number of rotatable bonds is 4. The number of aromatic nitrogens is 2. The molecule has 1 aliphatic rings. The Bertz CT molecular complexity index is 675. The van der Waals surface area contributed by atoms with Gasteiger partial charge in [0.25, 0.3) is 5.56 Å². The molecule has 6 nitrogen and oxygen atoms in total. The molecule has 110 valence electrons. The molecule has 0 unspecified atom stereocenters. The number of amides is 1. The van der Waals surface area contributed by atoms with Crippen molar-refractivity contribution in [1.82, 2.24) is 15.1 Å². The van der Waals surface area contributed by atoms with Crippen molar-refractivity contribution in [1.29, 1.82) is 0 Å². The molecular weight excluding hydrogens is 270 g/mol. The zero-order valence-electron chi connectivity index (χ0n) is 11.6. The number of ether oxygens (including phenoxy) is 1. The van der Waals surface area contributed by atoms with Crippen LogP contribution in [0.5, 0.6) is 5.75 Å². The second-order valence-corrected chi connectivity index (χ2v) is 5.01. The lowest BCUT2D eigenvalue weighted by Gasteiger charge is -2.26. The van der Waals surface area contributed by atoms with E-state index in [2.05, 4.69) is 10.2 Å². The first-order valence-corrected chi connectivity index (χ1v) is 6.98. The number of benzene rings is 1. The normalized spacial score (nSPS) is 13.8. The number of aromatic amines is 2. The van der Waals surface area contributed by atoms with E-state index in [4.69, 9.17) is 4.74 Å². The SMILES string of the molecule is O=C(CCOc1ccccc1)N1CCc2[nH][nH]c(=O)c2C1. The highest BCUT2D eigenvalue weighted by Gasteiger charge is 2.23. The largest absolute Gasteiger partial charge is 0.493 e. The zero-order valence-corrected chi connectivity index (χ0v) is 11.6. The van der Waals surface area contributed by atoms with Gasteiger partial charge in [0.2, 0.25) is 5.91 Å². The third-order valence-corrected chi connectivity index (χ3v) is 3.63. The molecule has 0 bridgehead atoms. The van der Waals surface area contributed by atoms with Crippen LogP contribution in [-0.2, 0) is 17.8 Å². The van der Waals surface area contributed by atoms with Gasteiger partial charge in [-0.2, -0.15) is 0 Å². The minimum atomic E-state index is -0.136. The third kappa shape index (κ3) is 2.99. The van der Waals surface area contributed by atoms with Gasteiger partial charge in [0.05, 0.1) is 25.1 Å². The smallest absolute Gasteiger partial charge is 0.269 e. The molecule has 0 saturated carbocycles. The lowest BCUT2D eigenvalue weighted by atomic mass is 10.1. The van der Waals surface area contributed by atoms with E-state index in [-0.39, 0.29) is 11.5 Å². The van der Waals surface area contributed by atoms with Crippen molar-refractivity contribution in [3.63, 3.8) is 0 Å². The van der Waals surface area contributed by atoms with Crippen molar-refractivity contribution in [2.24, 2.45) is 0 Å². The summed E-state index contributed by atoms with van der Waals surface area (Å²) in [5, 5.41) is 5.41. The van der Waals surface area contributed by atoms with Crippen LogP contribution in [0.1, 0.15) is 17.7 Å². The fraction of sp³-hybridized carbons (Fsp3) is 0.333. The van der Waals surface area contributed by atoms with Crippen molar-refractivity contribution in [2.45, 2.75) is 19.4 Å². The van der Waals surface area contributed by atoms with E-state index in [1.54, 1.807) is 4.90 Å². The Morgan fingerprint density at radius 2 is 2.05 bits per heavy atom. The summed E-state index contributed by atoms with van der Waals surface area (Å²) in [7, 11) is 0. The Balaban J connectivity index is 1.53. The maximum absolute atomic E-state index is 12.2. The maximum Gasteiger partial charge on any atom is 0.269 e. The fourth-order valence-electron chi connectivity index (χ4n) is 2.46. The van der Waals surface area contributed by atoms with Crippen molar-refractivity contribution >= 4 is 5.91 Å². The highest BCUT2D eigenvalue weighted by atomic mass is 16.5. The van der Waals surface area contributed by atoms with E-state index in [1.165, 1.54) is 0 Å². The third-order valence-electron chi connectivity index (χ3n) is 3.63. The molecule has 2 heterocycles. The summed E-state index contributed by atoms with van der Waals surface area (Å²) in [6.07, 6.45) is 0.992. The predicted molar refractivity (Wildman–Crippen MR) is 77.1 cm³/mol. The molecule has 2 N–H and O–H groups in total. The topological polar surface area (TPSA) is 78.2 Å². The maximum atomic E-state index is 12.2. The van der Waals surface area contributed by atoms with Crippen LogP contribution < -0.4 is 10.3 Å². The number of carbonyl (C=O) groups is 1. The van der Waals surface area contributed by atoms with Crippen molar-refractivity contribution in [2.75, 3.05) is 13.2 Å². The lowest BCUT2D eigenvalue weighted by molar-refractivity contribution is -0.132. The van der Waals surface area contributed by atoms with Gasteiger partial charge in [0, 0.05) is 18.7 Å². The van der Waals surface area contributed by atoms with E-state index < -0.39 is 0 Å². The molecule has 0 saturated heterocycles. The van der Waals surface area contributed by atoms with Gasteiger partial charge in [0.15, 0.2) is 0 Å². The number of hydrogen-bond donors (Lipinski definition) is 2. The number of hydrogen-bond acceptors (Lipinski definition) is 3. The van der Waals surface area contributed by atoms with Crippen molar-refractivity contribution in [3.8, 4) is 5.75 Å². The zero-order chi connectivity index (χ0) is 14.7. The minimum absolute atomic E-state index is 0.0113. The standard InChI is InChI=1S/C15H17N3O3/c19-14(7-9-21-11-4-2-1-3-5-11)18-8-6-13-12(10-18)15(20)17-16-13/h1-5H,6-10H2,(H2,16,17,20). The van der Waals surface area contributed by atoms with E-state index in [9.17, 15) is 9.59 Å². The number of fused-ring (bicyclic) bond motifs is 1. The number of nitrogens with zero attached hydrogens (tertiary/aromatic N) is 1. The molecule has 6 heteroatoms. The summed E-state index contributed by atoms with van der Waals surface area (Å²) < 4.78 is 5.52. The van der Waals surface area contributed by atoms with Gasteiger partial charge in [-0.15, -0.1) is 0 Å². The van der Waals surface area contributed by atoms with Gasteiger partial charge in [-0.25, -0.2) is 0 Å². The summed E-state index contributed by atoms with van der Waals surface area (Å²) in [6, 6.07) is 9.41. The van der Waals surface area contributed by atoms with Gasteiger partial charge in [-0.3, -0.25) is 14.7 Å². The van der Waals surface area contributed by atoms with Crippen LogP contribution in [0.25, 0.3) is 0 Å². The van der Waals surface area contributed by atoms with Crippen LogP contribution in [0.3, 0.4) is 0 Å². The fourth-order valence-corrected chi connectivity index (χ4v) is 2.46. The molecule has 3 rings (SSSR count). The summed E-state index contributed by atoms with van der Waals surface area (Å²) >= 11 is 0. The number of para-hydroxylation sites is 1. The van der Waals surface area contributed by atoms with Crippen LogP contribution >= 0.6 is 0 Å². The summed E-state index contributed by atoms with van der Waals surface area (Å²) in [6.45, 7) is 1.35. The number of H-pyrrole nitrogens is 2. The first-order chi connectivity index (χ1) is 10.2. The quantitative estimate of drug-likeness (QED) is 0.882. The number of nitrogens with one attached hydrogen (secondary N) is 2. The first kappa shape index (κ1) is 13.5. The Labute approximate surface area is 121 Å². The minimum Gasteiger partial charge on any atom is -0.493 e. The van der Waals surface area contributed by atoms with Crippen molar-refractivity contribution < 1.29 is 9.53 Å². The molecule has 1 aromatic heterocycles. The summed E-state index contributed by atoms with van der Waals surface area (Å²) in [4.78, 5) is 25.4. The van der Waals surface area contributed by atoms with Crippen LogP contribution in [0, 0.1) is 0 Å². The van der Waals surface area contributed by atoms with Crippen molar-refractivity contribution in [3.05, 3.63) is 51.9 Å². The van der Waals surface area contributed by atoms with Gasteiger partial charge < -0.3 is 14.7 Å². The van der Waals surface area contributed by atoms with E-state index in [0.717, 1.165) is 11.4 Å². The van der Waals surface area contributed by atoms with E-state index in [0.29, 0.717) is 38.1 Å². The van der Waals surface area contributed by atoms with E-state index in [1.807, 2.05) is 30.3 Å². The second-order valence-electron chi connectivity index (χ2n) is 5.01. The summed E-state index contributed by atoms with van der Waals surface area (Å²) in [5.74, 6) is 0.769. The molecule has 1 amide bonds. The van der Waals surface area contributed by atoms with E-state index >= 15 is 0 Å². The molecule has 21 heavy (non-hydrogen) atoms. The Morgan fingerprint density at radius 3 is 2.86 bits per heavy atom. The number of carbonyl (C=O) groups excluding carboxylic acids is 1. The second kappa shape index (κ2) is 5.87. The highest BCUT2D eigenvalue weighted by Crippen LogP contribution is 2.14. The molecule has 0 atom stereocenters. The monoisotopic (exact) mass is 287 g/mol. The summed E-state index contributed by atoms with van der Waals surface area (Å²) in [5.41, 5.74) is 1.44. The van der Waals surface area contributed by atoms with Gasteiger partial charge >= 0.3 is 0 Å². The average Bonchev–Trinajstić information content (AvgIpc) is 2.89. The molecule has 0 spiro atoms. The van der Waals surface area contributed by atoms with Crippen LogP contribution in [0.4, 0.5) is 0 Å². The van der Waals surface area contributed by atoms with Gasteiger partial charge in [-0.1, -0.05) is 18.2 Å². The Kier molecular flexibility index (Phi) is 3.77. The molecule has 0 aliphatic carbocycles. The van der Waals surface area contributed by atoms with Gasteiger partial charge in [0.1, 0.15) is 5.75 Å². The van der Waals surface area contributed by atoms with Gasteiger partial charge in [-0.05, 0) is 12.1 Å². The van der Waals surface area contributed by atoms with Crippen LogP contribution in [-0.4, -0.2) is 34.2 Å². The molecule has 1 aromatic carbocycles. The van der Waals surface area contributed by atoms with Crippen LogP contribution in [0.2, 0.25) is 0 Å². The average molecular weight is 287 g/mol. The first-order valence-electron chi connectivity index (χ1n) is 6.98. The molecule has 1 aliphatic heterocycles. The Hall–Kier alpha value is -2.50. The molecular formula is C15H17N3O3. The molecule has 2 aromatic rings. The van der Waals surface area contributed by atoms with Crippen LogP contribution in [0.15, 0.2) is 35.1 Å². The molecule has 0 fully saturated rings. The predicted octanol–water partition coefficient (Wildman–Crippen LogP) is 1.06. The molecule has 0 radical (unpaired) electrons.